The largest absolute Gasteiger partial charge is 0.480 e. The number of carbonyl (C=O) groups is 2. The minimum atomic E-state index is -1.04. The Bertz CT molecular complexity index is 1090. The van der Waals surface area contributed by atoms with E-state index in [9.17, 15) is 14.7 Å². The van der Waals surface area contributed by atoms with Gasteiger partial charge in [-0.1, -0.05) is 78.9 Å². The Balaban J connectivity index is 1.55. The molecule has 0 heterocycles. The molecule has 0 saturated carbocycles. The molecule has 176 valence electrons. The van der Waals surface area contributed by atoms with E-state index in [1.165, 1.54) is 4.90 Å². The van der Waals surface area contributed by atoms with E-state index >= 15 is 0 Å². The second-order valence-corrected chi connectivity index (χ2v) is 8.56. The maximum absolute atomic E-state index is 13.3. The van der Waals surface area contributed by atoms with E-state index in [0.29, 0.717) is 25.8 Å². The van der Waals surface area contributed by atoms with Crippen LogP contribution in [0, 0.1) is 0 Å². The van der Waals surface area contributed by atoms with Crippen LogP contribution in [0.15, 0.2) is 78.9 Å². The van der Waals surface area contributed by atoms with Crippen LogP contribution in [0.4, 0.5) is 4.79 Å². The third-order valence-electron chi connectivity index (χ3n) is 6.36. The Morgan fingerprint density at radius 2 is 1.47 bits per heavy atom. The van der Waals surface area contributed by atoms with Crippen molar-refractivity contribution in [2.45, 2.75) is 37.8 Å². The molecule has 1 aliphatic rings. The number of hydrogen-bond donors (Lipinski definition) is 2. The SMILES string of the molecule is NCCCC[C@@H](C(=O)O)N(Cc1ccccc1)C(=O)OCC1c2ccccc2-c2ccccc21. The van der Waals surface area contributed by atoms with Gasteiger partial charge in [0.1, 0.15) is 12.6 Å². The normalized spacial score (nSPS) is 13.1. The number of amides is 1. The van der Waals surface area contributed by atoms with Gasteiger partial charge in [-0.05, 0) is 53.6 Å². The van der Waals surface area contributed by atoms with Gasteiger partial charge in [0.05, 0.1) is 0 Å². The van der Waals surface area contributed by atoms with Gasteiger partial charge in [-0.25, -0.2) is 9.59 Å². The first-order chi connectivity index (χ1) is 16.6. The molecule has 3 N–H and O–H groups in total. The van der Waals surface area contributed by atoms with E-state index in [0.717, 1.165) is 27.8 Å². The van der Waals surface area contributed by atoms with E-state index in [2.05, 4.69) is 24.3 Å². The Morgan fingerprint density at radius 1 is 0.882 bits per heavy atom. The molecule has 6 nitrogen and oxygen atoms in total. The summed E-state index contributed by atoms with van der Waals surface area (Å²) in [5.41, 5.74) is 11.0. The molecular weight excluding hydrogens is 428 g/mol. The summed E-state index contributed by atoms with van der Waals surface area (Å²) in [6.45, 7) is 0.792. The van der Waals surface area contributed by atoms with E-state index in [1.807, 2.05) is 54.6 Å². The average molecular weight is 459 g/mol. The number of unbranched alkanes of at least 4 members (excludes halogenated alkanes) is 1. The monoisotopic (exact) mass is 458 g/mol. The van der Waals surface area contributed by atoms with Crippen molar-refractivity contribution >= 4 is 12.1 Å². The Morgan fingerprint density at radius 3 is 2.06 bits per heavy atom. The lowest BCUT2D eigenvalue weighted by molar-refractivity contribution is -0.143. The van der Waals surface area contributed by atoms with Crippen LogP contribution in [0.1, 0.15) is 41.9 Å². The molecule has 6 heteroatoms. The molecule has 0 fully saturated rings. The summed E-state index contributed by atoms with van der Waals surface area (Å²) in [5.74, 6) is -1.13. The molecule has 0 saturated heterocycles. The summed E-state index contributed by atoms with van der Waals surface area (Å²) < 4.78 is 5.81. The van der Waals surface area contributed by atoms with Crippen LogP contribution in [0.25, 0.3) is 11.1 Å². The second kappa shape index (κ2) is 11.0. The van der Waals surface area contributed by atoms with Crippen molar-refractivity contribution in [3.63, 3.8) is 0 Å². The smallest absolute Gasteiger partial charge is 0.410 e. The molecule has 0 radical (unpaired) electrons. The van der Waals surface area contributed by atoms with Crippen LogP contribution in [0.5, 0.6) is 0 Å². The maximum Gasteiger partial charge on any atom is 0.410 e. The predicted molar refractivity (Wildman–Crippen MR) is 131 cm³/mol. The lowest BCUT2D eigenvalue weighted by Crippen LogP contribution is -2.45. The minimum Gasteiger partial charge on any atom is -0.480 e. The highest BCUT2D eigenvalue weighted by molar-refractivity contribution is 5.81. The number of ether oxygens (including phenoxy) is 1. The number of benzene rings is 3. The predicted octanol–water partition coefficient (Wildman–Crippen LogP) is 5.02. The number of carbonyl (C=O) groups excluding carboxylic acids is 1. The van der Waals surface area contributed by atoms with Gasteiger partial charge in [0.25, 0.3) is 0 Å². The fourth-order valence-corrected chi connectivity index (χ4v) is 4.65. The molecule has 34 heavy (non-hydrogen) atoms. The third-order valence-corrected chi connectivity index (χ3v) is 6.36. The Hall–Kier alpha value is -3.64. The first-order valence-corrected chi connectivity index (χ1v) is 11.7. The van der Waals surface area contributed by atoms with Crippen LogP contribution in [0.2, 0.25) is 0 Å². The maximum atomic E-state index is 13.3. The highest BCUT2D eigenvalue weighted by atomic mass is 16.6. The Kier molecular flexibility index (Phi) is 7.60. The van der Waals surface area contributed by atoms with Gasteiger partial charge in [0.2, 0.25) is 0 Å². The Labute approximate surface area is 200 Å². The number of fused-ring (bicyclic) bond motifs is 3. The number of nitrogens with two attached hydrogens (primary N) is 1. The van der Waals surface area contributed by atoms with Crippen molar-refractivity contribution in [3.8, 4) is 11.1 Å². The fraction of sp³-hybridized carbons (Fsp3) is 0.286. The molecule has 0 bridgehead atoms. The first kappa shape index (κ1) is 23.5. The van der Waals surface area contributed by atoms with Gasteiger partial charge in [0.15, 0.2) is 0 Å². The van der Waals surface area contributed by atoms with Gasteiger partial charge in [0, 0.05) is 12.5 Å². The molecule has 0 spiro atoms. The van der Waals surface area contributed by atoms with Gasteiger partial charge >= 0.3 is 12.1 Å². The summed E-state index contributed by atoms with van der Waals surface area (Å²) in [7, 11) is 0. The van der Waals surface area contributed by atoms with Crippen LogP contribution in [-0.4, -0.2) is 41.3 Å². The van der Waals surface area contributed by atoms with E-state index in [-0.39, 0.29) is 19.1 Å². The first-order valence-electron chi connectivity index (χ1n) is 11.7. The molecular formula is C28H30N2O4. The summed E-state index contributed by atoms with van der Waals surface area (Å²) >= 11 is 0. The quantitative estimate of drug-likeness (QED) is 0.416. The zero-order valence-electron chi connectivity index (χ0n) is 19.1. The van der Waals surface area contributed by atoms with Gasteiger partial charge in [-0.3, -0.25) is 4.90 Å². The van der Waals surface area contributed by atoms with Gasteiger partial charge in [-0.15, -0.1) is 0 Å². The van der Waals surface area contributed by atoms with Crippen molar-refractivity contribution in [1.82, 2.24) is 4.90 Å². The fourth-order valence-electron chi connectivity index (χ4n) is 4.65. The molecule has 1 atom stereocenters. The second-order valence-electron chi connectivity index (χ2n) is 8.56. The molecule has 3 aromatic carbocycles. The number of carboxylic acids is 1. The number of nitrogens with zero attached hydrogens (tertiary/aromatic N) is 1. The van der Waals surface area contributed by atoms with Crippen molar-refractivity contribution in [2.75, 3.05) is 13.2 Å². The number of hydrogen-bond acceptors (Lipinski definition) is 4. The average Bonchev–Trinajstić information content (AvgIpc) is 3.18. The van der Waals surface area contributed by atoms with Crippen molar-refractivity contribution in [1.29, 1.82) is 0 Å². The number of rotatable bonds is 10. The van der Waals surface area contributed by atoms with Crippen LogP contribution in [0.3, 0.4) is 0 Å². The standard InChI is InChI=1S/C28H30N2O4/c29-17-9-8-16-26(27(31)32)30(18-20-10-2-1-3-11-20)28(33)34-19-25-23-14-6-4-12-21(23)22-13-5-7-15-24(22)25/h1-7,10-15,25-26H,8-9,16-19,29H2,(H,31,32)/t26-/m0/s1. The van der Waals surface area contributed by atoms with Crippen molar-refractivity contribution in [3.05, 3.63) is 95.6 Å². The third kappa shape index (κ3) is 5.13. The number of carboxylic acid groups (broad SMARTS) is 1. The molecule has 3 aromatic rings. The van der Waals surface area contributed by atoms with Crippen LogP contribution >= 0.6 is 0 Å². The zero-order chi connectivity index (χ0) is 23.9. The van der Waals surface area contributed by atoms with Crippen LogP contribution < -0.4 is 5.73 Å². The van der Waals surface area contributed by atoms with E-state index < -0.39 is 18.1 Å². The lowest BCUT2D eigenvalue weighted by atomic mass is 9.98. The zero-order valence-corrected chi connectivity index (χ0v) is 19.1. The van der Waals surface area contributed by atoms with Crippen molar-refractivity contribution < 1.29 is 19.4 Å². The highest BCUT2D eigenvalue weighted by Crippen LogP contribution is 2.44. The molecule has 1 aliphatic carbocycles. The van der Waals surface area contributed by atoms with Crippen LogP contribution in [-0.2, 0) is 16.1 Å². The molecule has 0 aliphatic heterocycles. The molecule has 0 unspecified atom stereocenters. The van der Waals surface area contributed by atoms with E-state index in [1.54, 1.807) is 0 Å². The van der Waals surface area contributed by atoms with Crippen molar-refractivity contribution in [2.24, 2.45) is 5.73 Å². The summed E-state index contributed by atoms with van der Waals surface area (Å²) in [5, 5.41) is 9.93. The highest BCUT2D eigenvalue weighted by Gasteiger charge is 2.33. The van der Waals surface area contributed by atoms with Gasteiger partial charge in [-0.2, -0.15) is 0 Å². The summed E-state index contributed by atoms with van der Waals surface area (Å²) in [6, 6.07) is 24.7. The topological polar surface area (TPSA) is 92.9 Å². The molecule has 0 aromatic heterocycles. The lowest BCUT2D eigenvalue weighted by Gasteiger charge is -2.29. The summed E-state index contributed by atoms with van der Waals surface area (Å²) in [6.07, 6.45) is 1.03. The molecule has 1 amide bonds. The minimum absolute atomic E-state index is 0.0876. The van der Waals surface area contributed by atoms with Gasteiger partial charge < -0.3 is 15.6 Å². The number of aliphatic carboxylic acids is 1. The van der Waals surface area contributed by atoms with E-state index in [4.69, 9.17) is 10.5 Å². The molecule has 4 rings (SSSR count). The summed E-state index contributed by atoms with van der Waals surface area (Å²) in [4.78, 5) is 26.8.